The lowest BCUT2D eigenvalue weighted by atomic mass is 10.3. The van der Waals surface area contributed by atoms with Crippen LogP contribution in [0.2, 0.25) is 0 Å². The van der Waals surface area contributed by atoms with Gasteiger partial charge < -0.3 is 14.9 Å². The van der Waals surface area contributed by atoms with E-state index in [1.54, 1.807) is 12.3 Å². The molecule has 0 saturated carbocycles. The molecule has 1 aromatic heterocycles. The Balaban J connectivity index is 1.99. The highest BCUT2D eigenvalue weighted by Gasteiger charge is 1.97. The molecule has 0 aliphatic carbocycles. The van der Waals surface area contributed by atoms with E-state index in [0.717, 1.165) is 5.76 Å². The van der Waals surface area contributed by atoms with E-state index in [4.69, 9.17) is 9.63 Å². The zero-order valence-electron chi connectivity index (χ0n) is 7.19. The Morgan fingerprint density at radius 3 is 3.15 bits per heavy atom. The highest BCUT2D eigenvalue weighted by molar-refractivity contribution is 5.66. The molecule has 0 bridgehead atoms. The van der Waals surface area contributed by atoms with Crippen LogP contribution in [0.5, 0.6) is 0 Å². The van der Waals surface area contributed by atoms with Gasteiger partial charge in [-0.25, -0.2) is 0 Å². The van der Waals surface area contributed by atoms with Crippen molar-refractivity contribution in [1.29, 1.82) is 0 Å². The van der Waals surface area contributed by atoms with Crippen molar-refractivity contribution in [3.8, 4) is 0 Å². The number of hydrogen-bond acceptors (Lipinski definition) is 4. The second-order valence-electron chi connectivity index (χ2n) is 2.65. The fourth-order valence-electron chi connectivity index (χ4n) is 0.910. The summed E-state index contributed by atoms with van der Waals surface area (Å²) < 4.78 is 4.83. The molecule has 0 aliphatic rings. The zero-order chi connectivity index (χ0) is 9.52. The van der Waals surface area contributed by atoms with Crippen molar-refractivity contribution in [3.63, 3.8) is 0 Å². The molecule has 1 heterocycles. The van der Waals surface area contributed by atoms with Gasteiger partial charge in [-0.1, -0.05) is 5.16 Å². The Morgan fingerprint density at radius 2 is 2.54 bits per heavy atom. The predicted octanol–water partition coefficient (Wildman–Crippen LogP) is 0.629. The van der Waals surface area contributed by atoms with E-state index < -0.39 is 5.97 Å². The zero-order valence-corrected chi connectivity index (χ0v) is 7.19. The van der Waals surface area contributed by atoms with E-state index in [1.165, 1.54) is 0 Å². The van der Waals surface area contributed by atoms with Crippen LogP contribution in [0.15, 0.2) is 16.8 Å². The Kier molecular flexibility index (Phi) is 3.98. The van der Waals surface area contributed by atoms with Crippen LogP contribution < -0.4 is 5.32 Å². The third kappa shape index (κ3) is 4.27. The molecule has 1 rings (SSSR count). The third-order valence-electron chi connectivity index (χ3n) is 1.53. The number of nitrogens with zero attached hydrogens (tertiary/aromatic N) is 1. The molecule has 0 fully saturated rings. The van der Waals surface area contributed by atoms with Gasteiger partial charge in [0.2, 0.25) is 0 Å². The van der Waals surface area contributed by atoms with Crippen LogP contribution in [-0.4, -0.2) is 22.8 Å². The Labute approximate surface area is 75.7 Å². The number of nitrogens with one attached hydrogen (secondary N) is 1. The lowest BCUT2D eigenvalue weighted by molar-refractivity contribution is -0.137. The van der Waals surface area contributed by atoms with E-state index in [2.05, 4.69) is 10.5 Å². The van der Waals surface area contributed by atoms with Gasteiger partial charge in [0, 0.05) is 12.5 Å². The molecule has 13 heavy (non-hydrogen) atoms. The summed E-state index contributed by atoms with van der Waals surface area (Å²) in [6.45, 7) is 1.27. The fourth-order valence-corrected chi connectivity index (χ4v) is 0.910. The van der Waals surface area contributed by atoms with Crippen LogP contribution in [-0.2, 0) is 11.3 Å². The molecule has 0 spiro atoms. The van der Waals surface area contributed by atoms with E-state index in [1.807, 2.05) is 0 Å². The molecule has 5 heteroatoms. The fraction of sp³-hybridized carbons (Fsp3) is 0.500. The minimum Gasteiger partial charge on any atom is -0.481 e. The number of carboxylic acids is 1. The lowest BCUT2D eigenvalue weighted by Gasteiger charge is -1.99. The molecular formula is C8H12N2O3. The van der Waals surface area contributed by atoms with E-state index in [9.17, 15) is 4.79 Å². The van der Waals surface area contributed by atoms with Gasteiger partial charge in [0.05, 0.1) is 12.7 Å². The minimum atomic E-state index is -0.763. The van der Waals surface area contributed by atoms with Crippen LogP contribution in [0.4, 0.5) is 0 Å². The molecule has 0 aliphatic heterocycles. The number of aromatic nitrogens is 1. The topological polar surface area (TPSA) is 75.4 Å². The van der Waals surface area contributed by atoms with Gasteiger partial charge in [-0.05, 0) is 13.0 Å². The molecule has 0 aromatic carbocycles. The van der Waals surface area contributed by atoms with Crippen molar-refractivity contribution >= 4 is 5.97 Å². The Morgan fingerprint density at radius 1 is 1.69 bits per heavy atom. The number of rotatable bonds is 6. The lowest BCUT2D eigenvalue weighted by Crippen LogP contribution is -2.15. The second-order valence-corrected chi connectivity index (χ2v) is 2.65. The first-order valence-corrected chi connectivity index (χ1v) is 4.11. The van der Waals surface area contributed by atoms with E-state index >= 15 is 0 Å². The van der Waals surface area contributed by atoms with Crippen LogP contribution >= 0.6 is 0 Å². The molecule has 5 nitrogen and oxygen atoms in total. The van der Waals surface area contributed by atoms with Crippen LogP contribution in [0.1, 0.15) is 18.6 Å². The van der Waals surface area contributed by atoms with Crippen LogP contribution in [0, 0.1) is 0 Å². The summed E-state index contributed by atoms with van der Waals surface area (Å²) in [6, 6.07) is 1.77. The monoisotopic (exact) mass is 184 g/mol. The largest absolute Gasteiger partial charge is 0.481 e. The summed E-state index contributed by atoms with van der Waals surface area (Å²) in [5.41, 5.74) is 0. The summed E-state index contributed by atoms with van der Waals surface area (Å²) in [6.07, 6.45) is 2.40. The molecule has 0 atom stereocenters. The van der Waals surface area contributed by atoms with Gasteiger partial charge in [-0.15, -0.1) is 0 Å². The summed E-state index contributed by atoms with van der Waals surface area (Å²) in [5.74, 6) is -0.00297. The molecule has 1 aromatic rings. The summed E-state index contributed by atoms with van der Waals surface area (Å²) in [4.78, 5) is 10.1. The number of aliphatic carboxylic acids is 1. The average molecular weight is 184 g/mol. The number of carboxylic acid groups (broad SMARTS) is 1. The number of carbonyl (C=O) groups is 1. The third-order valence-corrected chi connectivity index (χ3v) is 1.53. The molecule has 0 amide bonds. The maximum absolute atomic E-state index is 10.1. The minimum absolute atomic E-state index is 0.198. The van der Waals surface area contributed by atoms with Crippen molar-refractivity contribution in [2.24, 2.45) is 0 Å². The first-order chi connectivity index (χ1) is 6.29. The van der Waals surface area contributed by atoms with Crippen molar-refractivity contribution in [2.45, 2.75) is 19.4 Å². The Bertz CT molecular complexity index is 246. The van der Waals surface area contributed by atoms with Gasteiger partial charge in [-0.2, -0.15) is 0 Å². The Hall–Kier alpha value is -1.36. The molecule has 0 unspecified atom stereocenters. The van der Waals surface area contributed by atoms with E-state index in [0.29, 0.717) is 19.5 Å². The summed E-state index contributed by atoms with van der Waals surface area (Å²) in [5, 5.41) is 14.9. The molecular weight excluding hydrogens is 172 g/mol. The molecule has 2 N–H and O–H groups in total. The molecule has 0 saturated heterocycles. The van der Waals surface area contributed by atoms with Crippen molar-refractivity contribution in [2.75, 3.05) is 6.54 Å². The van der Waals surface area contributed by atoms with E-state index in [-0.39, 0.29) is 6.42 Å². The quantitative estimate of drug-likeness (QED) is 0.634. The summed E-state index contributed by atoms with van der Waals surface area (Å²) in [7, 11) is 0. The maximum atomic E-state index is 10.1. The highest BCUT2D eigenvalue weighted by Crippen LogP contribution is 1.95. The molecule has 72 valence electrons. The SMILES string of the molecule is O=C(O)CCCNCc1ccno1. The van der Waals surface area contributed by atoms with Crippen molar-refractivity contribution in [1.82, 2.24) is 10.5 Å². The normalized spacial score (nSPS) is 10.2. The summed E-state index contributed by atoms with van der Waals surface area (Å²) >= 11 is 0. The first-order valence-electron chi connectivity index (χ1n) is 4.11. The van der Waals surface area contributed by atoms with Crippen molar-refractivity contribution < 1.29 is 14.4 Å². The molecule has 0 radical (unpaired) electrons. The van der Waals surface area contributed by atoms with Crippen LogP contribution in [0.25, 0.3) is 0 Å². The van der Waals surface area contributed by atoms with Crippen molar-refractivity contribution in [3.05, 3.63) is 18.0 Å². The van der Waals surface area contributed by atoms with Gasteiger partial charge in [0.1, 0.15) is 5.76 Å². The van der Waals surface area contributed by atoms with Gasteiger partial charge in [-0.3, -0.25) is 4.79 Å². The predicted molar refractivity (Wildman–Crippen MR) is 45.1 cm³/mol. The average Bonchev–Trinajstić information content (AvgIpc) is 2.55. The second kappa shape index (κ2) is 5.31. The smallest absolute Gasteiger partial charge is 0.303 e. The van der Waals surface area contributed by atoms with Gasteiger partial charge >= 0.3 is 5.97 Å². The maximum Gasteiger partial charge on any atom is 0.303 e. The van der Waals surface area contributed by atoms with Gasteiger partial charge in [0.15, 0.2) is 0 Å². The first kappa shape index (κ1) is 9.73. The van der Waals surface area contributed by atoms with Gasteiger partial charge in [0.25, 0.3) is 0 Å². The standard InChI is InChI=1S/C8H12N2O3/c11-8(12)2-1-4-9-6-7-3-5-10-13-7/h3,5,9H,1-2,4,6H2,(H,11,12). The number of hydrogen-bond donors (Lipinski definition) is 2. The highest BCUT2D eigenvalue weighted by atomic mass is 16.5. The van der Waals surface area contributed by atoms with Crippen LogP contribution in [0.3, 0.4) is 0 Å².